The Kier molecular flexibility index (Phi) is 5.51. The minimum Gasteiger partial charge on any atom is -0.455 e. The van der Waals surface area contributed by atoms with Crippen LogP contribution in [0.5, 0.6) is 11.5 Å². The Labute approximate surface area is 194 Å². The van der Waals surface area contributed by atoms with Crippen molar-refractivity contribution in [2.75, 3.05) is 16.3 Å². The smallest absolute Gasteiger partial charge is 0.258 e. The summed E-state index contributed by atoms with van der Waals surface area (Å²) in [6, 6.07) is 16.6. The van der Waals surface area contributed by atoms with Gasteiger partial charge >= 0.3 is 0 Å². The lowest BCUT2D eigenvalue weighted by atomic mass is 9.98. The van der Waals surface area contributed by atoms with Crippen LogP contribution >= 0.6 is 23.2 Å². The maximum Gasteiger partial charge on any atom is 0.258 e. The van der Waals surface area contributed by atoms with E-state index in [0.29, 0.717) is 40.9 Å². The summed E-state index contributed by atoms with van der Waals surface area (Å²) in [5, 5.41) is 8.06. The number of hydrogen-bond acceptors (Lipinski definition) is 6. The van der Waals surface area contributed by atoms with Crippen LogP contribution in [0.1, 0.15) is 15.9 Å². The number of ether oxygens (including phenoxy) is 1. The third-order valence-corrected chi connectivity index (χ3v) is 5.80. The van der Waals surface area contributed by atoms with Crippen LogP contribution in [0.3, 0.4) is 0 Å². The molecular weight excluding hydrogens is 449 g/mol. The molecule has 0 saturated heterocycles. The van der Waals surface area contributed by atoms with Gasteiger partial charge in [0.25, 0.3) is 5.91 Å². The zero-order chi connectivity index (χ0) is 22.1. The molecule has 0 spiro atoms. The molecule has 2 aromatic carbocycles. The molecule has 3 heterocycles. The Morgan fingerprint density at radius 1 is 1.09 bits per heavy atom. The van der Waals surface area contributed by atoms with E-state index in [9.17, 15) is 4.79 Å². The molecule has 5 rings (SSSR count). The van der Waals surface area contributed by atoms with Gasteiger partial charge in [0.2, 0.25) is 5.62 Å². The number of aromatic nitrogens is 1. The van der Waals surface area contributed by atoms with E-state index in [1.54, 1.807) is 34.3 Å². The fraction of sp³-hybridized carbons (Fsp3) is 0.130. The SMILES string of the molecule is O=C1c2ccc(Oc3ccccc3N3C(Cl)=CN=NC3Cl)cc2CCN1c1cccnc1. The van der Waals surface area contributed by atoms with Crippen molar-refractivity contribution in [3.63, 3.8) is 0 Å². The molecule has 7 nitrogen and oxygen atoms in total. The highest BCUT2D eigenvalue weighted by atomic mass is 35.5. The van der Waals surface area contributed by atoms with Gasteiger partial charge in [-0.3, -0.25) is 14.7 Å². The number of carbonyl (C=O) groups is 1. The van der Waals surface area contributed by atoms with Gasteiger partial charge in [0, 0.05) is 18.3 Å². The molecule has 0 aliphatic carbocycles. The lowest BCUT2D eigenvalue weighted by Gasteiger charge is -2.29. The van der Waals surface area contributed by atoms with E-state index in [1.807, 2.05) is 42.5 Å². The van der Waals surface area contributed by atoms with Crippen LogP contribution in [-0.4, -0.2) is 23.1 Å². The summed E-state index contributed by atoms with van der Waals surface area (Å²) in [6.07, 6.45) is 5.52. The molecule has 160 valence electrons. The molecule has 1 amide bonds. The van der Waals surface area contributed by atoms with E-state index < -0.39 is 5.62 Å². The van der Waals surface area contributed by atoms with Crippen LogP contribution in [0.2, 0.25) is 0 Å². The highest BCUT2D eigenvalue weighted by Gasteiger charge is 2.27. The average molecular weight is 466 g/mol. The van der Waals surface area contributed by atoms with Gasteiger partial charge in [0.15, 0.2) is 5.75 Å². The summed E-state index contributed by atoms with van der Waals surface area (Å²) >= 11 is 12.6. The summed E-state index contributed by atoms with van der Waals surface area (Å²) in [7, 11) is 0. The van der Waals surface area contributed by atoms with Crippen molar-refractivity contribution in [1.29, 1.82) is 0 Å². The van der Waals surface area contributed by atoms with E-state index in [2.05, 4.69) is 15.2 Å². The number of hydrogen-bond donors (Lipinski definition) is 0. The molecule has 0 saturated carbocycles. The number of fused-ring (bicyclic) bond motifs is 1. The Balaban J connectivity index is 1.42. The lowest BCUT2D eigenvalue weighted by Crippen LogP contribution is -2.37. The lowest BCUT2D eigenvalue weighted by molar-refractivity contribution is 0.0980. The quantitative estimate of drug-likeness (QED) is 0.354. The van der Waals surface area contributed by atoms with Gasteiger partial charge in [-0.1, -0.05) is 35.3 Å². The number of carbonyl (C=O) groups excluding carboxylic acids is 1. The number of amides is 1. The number of rotatable bonds is 4. The zero-order valence-electron chi connectivity index (χ0n) is 16.7. The second kappa shape index (κ2) is 8.61. The molecule has 0 radical (unpaired) electrons. The van der Waals surface area contributed by atoms with Crippen LogP contribution in [0.15, 0.2) is 88.6 Å². The first-order valence-electron chi connectivity index (χ1n) is 9.92. The monoisotopic (exact) mass is 465 g/mol. The van der Waals surface area contributed by atoms with E-state index in [1.165, 1.54) is 6.20 Å². The molecule has 2 aliphatic heterocycles. The van der Waals surface area contributed by atoms with E-state index in [-0.39, 0.29) is 5.91 Å². The predicted octanol–water partition coefficient (Wildman–Crippen LogP) is 5.91. The first-order valence-corrected chi connectivity index (χ1v) is 10.7. The minimum absolute atomic E-state index is 0.0493. The molecule has 1 aromatic heterocycles. The van der Waals surface area contributed by atoms with Gasteiger partial charge in [0.05, 0.1) is 23.8 Å². The second-order valence-corrected chi connectivity index (χ2v) is 7.95. The summed E-state index contributed by atoms with van der Waals surface area (Å²) in [5.41, 5.74) is 2.26. The average Bonchev–Trinajstić information content (AvgIpc) is 2.81. The summed E-state index contributed by atoms with van der Waals surface area (Å²) in [4.78, 5) is 20.5. The van der Waals surface area contributed by atoms with E-state index in [4.69, 9.17) is 27.9 Å². The molecule has 0 N–H and O–H groups in total. The number of pyridine rings is 1. The van der Waals surface area contributed by atoms with Crippen molar-refractivity contribution in [3.8, 4) is 11.5 Å². The molecule has 2 aliphatic rings. The minimum atomic E-state index is -0.781. The van der Waals surface area contributed by atoms with Gasteiger partial charge in [0.1, 0.15) is 10.9 Å². The topological polar surface area (TPSA) is 70.4 Å². The second-order valence-electron chi connectivity index (χ2n) is 7.17. The zero-order valence-corrected chi connectivity index (χ0v) is 18.2. The summed E-state index contributed by atoms with van der Waals surface area (Å²) in [6.45, 7) is 0.574. The van der Waals surface area contributed by atoms with E-state index in [0.717, 1.165) is 11.3 Å². The number of azo groups is 1. The number of alkyl halides is 1. The maximum absolute atomic E-state index is 13.0. The Morgan fingerprint density at radius 2 is 1.97 bits per heavy atom. The third kappa shape index (κ3) is 3.81. The number of para-hydroxylation sites is 2. The van der Waals surface area contributed by atoms with Crippen LogP contribution in [0.4, 0.5) is 11.4 Å². The predicted molar refractivity (Wildman–Crippen MR) is 123 cm³/mol. The van der Waals surface area contributed by atoms with Crippen molar-refractivity contribution < 1.29 is 9.53 Å². The highest BCUT2D eigenvalue weighted by molar-refractivity contribution is 6.33. The van der Waals surface area contributed by atoms with Crippen molar-refractivity contribution in [2.45, 2.75) is 12.0 Å². The van der Waals surface area contributed by atoms with Gasteiger partial charge in [-0.15, -0.1) is 5.11 Å². The van der Waals surface area contributed by atoms with Gasteiger partial charge < -0.3 is 9.64 Å². The molecule has 32 heavy (non-hydrogen) atoms. The molecular formula is C23H17Cl2N5O2. The first-order chi connectivity index (χ1) is 15.6. The Morgan fingerprint density at radius 3 is 2.78 bits per heavy atom. The summed E-state index contributed by atoms with van der Waals surface area (Å²) < 4.78 is 6.18. The normalized spacial score (nSPS) is 17.8. The molecule has 1 atom stereocenters. The molecule has 0 bridgehead atoms. The molecule has 3 aromatic rings. The maximum atomic E-state index is 13.0. The van der Waals surface area contributed by atoms with Crippen LogP contribution in [-0.2, 0) is 6.42 Å². The van der Waals surface area contributed by atoms with E-state index >= 15 is 0 Å². The fourth-order valence-corrected chi connectivity index (χ4v) is 4.28. The largest absolute Gasteiger partial charge is 0.455 e. The Hall–Kier alpha value is -3.42. The third-order valence-electron chi connectivity index (χ3n) is 5.24. The number of halogens is 2. The number of nitrogens with zero attached hydrogens (tertiary/aromatic N) is 5. The Bertz CT molecular complexity index is 1230. The molecule has 0 fully saturated rings. The van der Waals surface area contributed by atoms with Gasteiger partial charge in [-0.25, -0.2) is 0 Å². The van der Waals surface area contributed by atoms with Crippen molar-refractivity contribution >= 4 is 40.5 Å². The van der Waals surface area contributed by atoms with Gasteiger partial charge in [-0.2, -0.15) is 5.11 Å². The van der Waals surface area contributed by atoms with Crippen molar-refractivity contribution in [2.24, 2.45) is 10.2 Å². The van der Waals surface area contributed by atoms with Crippen molar-refractivity contribution in [3.05, 3.63) is 89.5 Å². The molecule has 1 unspecified atom stereocenters. The van der Waals surface area contributed by atoms with Gasteiger partial charge in [-0.05, 0) is 54.4 Å². The van der Waals surface area contributed by atoms with Crippen LogP contribution in [0, 0.1) is 0 Å². The number of benzene rings is 2. The highest BCUT2D eigenvalue weighted by Crippen LogP contribution is 2.39. The van der Waals surface area contributed by atoms with Crippen LogP contribution < -0.4 is 14.5 Å². The van der Waals surface area contributed by atoms with Crippen molar-refractivity contribution in [1.82, 2.24) is 4.98 Å². The first kappa shape index (κ1) is 20.5. The summed E-state index contributed by atoms with van der Waals surface area (Å²) in [5.74, 6) is 1.12. The number of anilines is 2. The fourth-order valence-electron chi connectivity index (χ4n) is 3.74. The standard InChI is InChI=1S/C23H17Cl2N5O2/c24-21-14-27-28-23(25)30(21)19-5-1-2-6-20(19)32-17-7-8-18-15(12-17)9-11-29(22(18)31)16-4-3-10-26-13-16/h1-8,10,12-14,23H,9,11H2. The molecule has 9 heteroatoms. The van der Waals surface area contributed by atoms with Crippen LogP contribution in [0.25, 0.3) is 0 Å².